The van der Waals surface area contributed by atoms with Gasteiger partial charge < -0.3 is 4.90 Å². The van der Waals surface area contributed by atoms with Crippen molar-refractivity contribution in [2.24, 2.45) is 5.41 Å². The molecule has 3 rings (SSSR count). The molecule has 0 atom stereocenters. The maximum atomic E-state index is 13.4. The highest BCUT2D eigenvalue weighted by Gasteiger charge is 2.45. The molecular formula is C15H15FN2O. The Morgan fingerprint density at radius 2 is 2.16 bits per heavy atom. The molecule has 0 saturated heterocycles. The molecule has 1 amide bonds. The molecule has 1 aliphatic carbocycles. The zero-order valence-corrected chi connectivity index (χ0v) is 10.7. The van der Waals surface area contributed by atoms with Gasteiger partial charge in [0.25, 0.3) is 0 Å². The molecule has 0 aromatic heterocycles. The predicted molar refractivity (Wildman–Crippen MR) is 69.0 cm³/mol. The van der Waals surface area contributed by atoms with Crippen LogP contribution in [0.25, 0.3) is 0 Å². The fraction of sp³-hybridized carbons (Fsp3) is 0.467. The third-order valence-electron chi connectivity index (χ3n) is 4.15. The molecule has 1 aromatic rings. The lowest BCUT2D eigenvalue weighted by Gasteiger charge is -2.32. The number of carbonyl (C=O) groups is 1. The van der Waals surface area contributed by atoms with Gasteiger partial charge in [-0.25, -0.2) is 4.39 Å². The molecule has 1 aromatic carbocycles. The average Bonchev–Trinajstić information content (AvgIpc) is 3.14. The van der Waals surface area contributed by atoms with Gasteiger partial charge in [-0.3, -0.25) is 4.79 Å². The molecule has 0 bridgehead atoms. The van der Waals surface area contributed by atoms with E-state index in [4.69, 9.17) is 5.26 Å². The third-order valence-corrected chi connectivity index (χ3v) is 4.15. The zero-order valence-electron chi connectivity index (χ0n) is 10.7. The first kappa shape index (κ1) is 12.2. The van der Waals surface area contributed by atoms with Crippen molar-refractivity contribution in [1.82, 2.24) is 0 Å². The van der Waals surface area contributed by atoms with Gasteiger partial charge in [0, 0.05) is 30.5 Å². The van der Waals surface area contributed by atoms with Crippen LogP contribution in [-0.2, 0) is 11.2 Å². The van der Waals surface area contributed by atoms with E-state index >= 15 is 0 Å². The summed E-state index contributed by atoms with van der Waals surface area (Å²) in [6.07, 6.45) is 3.59. The summed E-state index contributed by atoms with van der Waals surface area (Å²) in [5.74, 6) is -0.272. The van der Waals surface area contributed by atoms with E-state index in [9.17, 15) is 9.18 Å². The lowest BCUT2D eigenvalue weighted by atomic mass is 9.97. The first-order chi connectivity index (χ1) is 9.13. The van der Waals surface area contributed by atoms with Gasteiger partial charge in [-0.05, 0) is 37.0 Å². The van der Waals surface area contributed by atoms with Crippen molar-refractivity contribution in [1.29, 1.82) is 5.26 Å². The summed E-state index contributed by atoms with van der Waals surface area (Å²) in [5, 5.41) is 8.86. The van der Waals surface area contributed by atoms with Crippen molar-refractivity contribution < 1.29 is 9.18 Å². The van der Waals surface area contributed by atoms with E-state index in [1.54, 1.807) is 11.0 Å². The van der Waals surface area contributed by atoms with Crippen LogP contribution in [0.15, 0.2) is 18.2 Å². The first-order valence-corrected chi connectivity index (χ1v) is 6.59. The van der Waals surface area contributed by atoms with Gasteiger partial charge in [0.05, 0.1) is 6.07 Å². The fourth-order valence-corrected chi connectivity index (χ4v) is 2.75. The Kier molecular flexibility index (Phi) is 2.78. The highest BCUT2D eigenvalue weighted by atomic mass is 19.1. The number of benzene rings is 1. The number of amides is 1. The van der Waals surface area contributed by atoms with Crippen LogP contribution in [0.3, 0.4) is 0 Å². The molecule has 98 valence electrons. The summed E-state index contributed by atoms with van der Waals surface area (Å²) < 4.78 is 13.4. The second kappa shape index (κ2) is 4.34. The molecule has 0 N–H and O–H groups in total. The van der Waals surface area contributed by atoms with Crippen molar-refractivity contribution in [2.75, 3.05) is 11.4 Å². The van der Waals surface area contributed by atoms with Gasteiger partial charge in [-0.15, -0.1) is 0 Å². The van der Waals surface area contributed by atoms with Crippen molar-refractivity contribution in [2.45, 2.75) is 32.1 Å². The molecule has 1 heterocycles. The lowest BCUT2D eigenvalue weighted by molar-refractivity contribution is -0.119. The highest BCUT2D eigenvalue weighted by molar-refractivity contribution is 5.96. The van der Waals surface area contributed by atoms with E-state index in [1.165, 1.54) is 12.1 Å². The van der Waals surface area contributed by atoms with Crippen molar-refractivity contribution >= 4 is 11.6 Å². The normalized spacial score (nSPS) is 19.8. The highest BCUT2D eigenvalue weighted by Crippen LogP contribution is 2.50. The summed E-state index contributed by atoms with van der Waals surface area (Å²) in [6, 6.07) is 6.83. The molecule has 1 aliphatic heterocycles. The smallest absolute Gasteiger partial charge is 0.227 e. The molecule has 4 heteroatoms. The number of nitrogens with zero attached hydrogens (tertiary/aromatic N) is 2. The van der Waals surface area contributed by atoms with E-state index in [0.29, 0.717) is 31.5 Å². The van der Waals surface area contributed by atoms with Gasteiger partial charge in [0.1, 0.15) is 5.82 Å². The molecule has 19 heavy (non-hydrogen) atoms. The number of halogens is 1. The van der Waals surface area contributed by atoms with Crippen LogP contribution in [0.4, 0.5) is 10.1 Å². The van der Waals surface area contributed by atoms with E-state index in [-0.39, 0.29) is 17.1 Å². The summed E-state index contributed by atoms with van der Waals surface area (Å²) in [7, 11) is 0. The third kappa shape index (κ3) is 2.21. The Morgan fingerprint density at radius 1 is 1.37 bits per heavy atom. The number of nitriles is 1. The van der Waals surface area contributed by atoms with E-state index in [0.717, 1.165) is 18.4 Å². The predicted octanol–water partition coefficient (Wildman–Crippen LogP) is 2.80. The number of hydrogen-bond donors (Lipinski definition) is 0. The average molecular weight is 258 g/mol. The van der Waals surface area contributed by atoms with Crippen LogP contribution < -0.4 is 4.90 Å². The number of hydrogen-bond acceptors (Lipinski definition) is 2. The minimum absolute atomic E-state index is 0.0438. The molecule has 0 radical (unpaired) electrons. The standard InChI is InChI=1S/C15H15FN2O/c16-12-3-1-11-2-4-14(19)18(13(11)9-12)10-15(5-6-15)7-8-17/h1,3,9H,2,4-7,10H2. The van der Waals surface area contributed by atoms with Crippen LogP contribution in [0, 0.1) is 22.6 Å². The van der Waals surface area contributed by atoms with E-state index in [1.807, 2.05) is 0 Å². The Labute approximate surface area is 111 Å². The van der Waals surface area contributed by atoms with Crippen LogP contribution in [-0.4, -0.2) is 12.5 Å². The van der Waals surface area contributed by atoms with Gasteiger partial charge >= 0.3 is 0 Å². The lowest BCUT2D eigenvalue weighted by Crippen LogP contribution is -2.39. The molecule has 0 unspecified atom stereocenters. The van der Waals surface area contributed by atoms with Crippen LogP contribution >= 0.6 is 0 Å². The van der Waals surface area contributed by atoms with Gasteiger partial charge in [0.15, 0.2) is 0 Å². The second-order valence-electron chi connectivity index (χ2n) is 5.59. The number of anilines is 1. The van der Waals surface area contributed by atoms with Crippen LogP contribution in [0.1, 0.15) is 31.2 Å². The minimum Gasteiger partial charge on any atom is -0.311 e. The summed E-state index contributed by atoms with van der Waals surface area (Å²) in [4.78, 5) is 13.8. The number of fused-ring (bicyclic) bond motifs is 1. The van der Waals surface area contributed by atoms with Crippen LogP contribution in [0.2, 0.25) is 0 Å². The molecule has 1 saturated carbocycles. The summed E-state index contributed by atoms with van der Waals surface area (Å²) >= 11 is 0. The van der Waals surface area contributed by atoms with Crippen molar-refractivity contribution in [3.63, 3.8) is 0 Å². The topological polar surface area (TPSA) is 44.1 Å². The second-order valence-corrected chi connectivity index (χ2v) is 5.59. The Hall–Kier alpha value is -1.89. The SMILES string of the molecule is N#CCC1(CN2C(=O)CCc3ccc(F)cc32)CC1. The fourth-order valence-electron chi connectivity index (χ4n) is 2.75. The maximum Gasteiger partial charge on any atom is 0.227 e. The Morgan fingerprint density at radius 3 is 2.84 bits per heavy atom. The quantitative estimate of drug-likeness (QED) is 0.836. The van der Waals surface area contributed by atoms with Gasteiger partial charge in [-0.2, -0.15) is 5.26 Å². The number of carbonyl (C=O) groups excluding carboxylic acids is 1. The van der Waals surface area contributed by atoms with Crippen molar-refractivity contribution in [3.05, 3.63) is 29.6 Å². The molecule has 3 nitrogen and oxygen atoms in total. The molecule has 0 spiro atoms. The van der Waals surface area contributed by atoms with Crippen LogP contribution in [0.5, 0.6) is 0 Å². The Bertz CT molecular complexity index is 572. The van der Waals surface area contributed by atoms with Gasteiger partial charge in [0.2, 0.25) is 5.91 Å². The first-order valence-electron chi connectivity index (χ1n) is 6.59. The zero-order chi connectivity index (χ0) is 13.5. The number of aryl methyl sites for hydroxylation is 1. The number of rotatable bonds is 3. The molecule has 2 aliphatic rings. The maximum absolute atomic E-state index is 13.4. The van der Waals surface area contributed by atoms with Crippen molar-refractivity contribution in [3.8, 4) is 6.07 Å². The van der Waals surface area contributed by atoms with E-state index in [2.05, 4.69) is 6.07 Å². The van der Waals surface area contributed by atoms with E-state index < -0.39 is 0 Å². The molecule has 1 fully saturated rings. The monoisotopic (exact) mass is 258 g/mol. The van der Waals surface area contributed by atoms with Gasteiger partial charge in [-0.1, -0.05) is 6.07 Å². The molecular weight excluding hydrogens is 243 g/mol. The summed E-state index contributed by atoms with van der Waals surface area (Å²) in [6.45, 7) is 0.551. The Balaban J connectivity index is 1.91. The largest absolute Gasteiger partial charge is 0.311 e. The summed E-state index contributed by atoms with van der Waals surface area (Å²) in [5.41, 5.74) is 1.67. The minimum atomic E-state index is -0.316.